The lowest BCUT2D eigenvalue weighted by molar-refractivity contribution is 0.0872. The summed E-state index contributed by atoms with van der Waals surface area (Å²) in [6, 6.07) is 21.7. The highest BCUT2D eigenvalue weighted by Crippen LogP contribution is 2.27. The molecule has 0 saturated carbocycles. The zero-order valence-electron chi connectivity index (χ0n) is 13.5. The van der Waals surface area contributed by atoms with Crippen molar-refractivity contribution in [2.24, 2.45) is 0 Å². The largest absolute Gasteiger partial charge is 0.362 e. The summed E-state index contributed by atoms with van der Waals surface area (Å²) in [4.78, 5) is 0. The van der Waals surface area contributed by atoms with Gasteiger partial charge in [-0.3, -0.25) is 5.32 Å². The molecule has 0 spiro atoms. The summed E-state index contributed by atoms with van der Waals surface area (Å²) in [6.45, 7) is 4.70. The number of rotatable bonds is 7. The molecular weight excluding hydrogens is 282 g/mol. The second kappa shape index (κ2) is 8.09. The van der Waals surface area contributed by atoms with Gasteiger partial charge in [-0.1, -0.05) is 66.7 Å². The van der Waals surface area contributed by atoms with Crippen LogP contribution in [0.2, 0.25) is 0 Å². The molecule has 2 aromatic carbocycles. The molecule has 1 heterocycles. The van der Waals surface area contributed by atoms with E-state index < -0.39 is 0 Å². The second-order valence-electron chi connectivity index (χ2n) is 6.24. The van der Waals surface area contributed by atoms with E-state index in [2.05, 4.69) is 72.6 Å². The average Bonchev–Trinajstić information content (AvgIpc) is 3.03. The van der Waals surface area contributed by atoms with Gasteiger partial charge in [0, 0.05) is 6.04 Å². The third-order valence-corrected chi connectivity index (χ3v) is 4.47. The molecule has 0 radical (unpaired) electrons. The first kappa shape index (κ1) is 16.0. The molecule has 1 fully saturated rings. The number of nitrogens with one attached hydrogen (secondary N) is 1. The zero-order valence-corrected chi connectivity index (χ0v) is 13.5. The number of hydrogen-bond donors (Lipinski definition) is 1. The minimum atomic E-state index is 0.133. The van der Waals surface area contributed by atoms with Crippen molar-refractivity contribution in [1.29, 1.82) is 0 Å². The van der Waals surface area contributed by atoms with Crippen LogP contribution in [-0.4, -0.2) is 18.9 Å². The Hall–Kier alpha value is -1.90. The van der Waals surface area contributed by atoms with E-state index in [9.17, 15) is 0 Å². The molecule has 0 aromatic heterocycles. The number of ether oxygens (including phenoxy) is 1. The van der Waals surface area contributed by atoms with Gasteiger partial charge in [-0.25, -0.2) is 0 Å². The molecule has 0 amide bonds. The van der Waals surface area contributed by atoms with Crippen LogP contribution in [0.5, 0.6) is 0 Å². The molecule has 1 unspecified atom stereocenters. The Morgan fingerprint density at radius 3 is 2.48 bits per heavy atom. The molecule has 23 heavy (non-hydrogen) atoms. The summed E-state index contributed by atoms with van der Waals surface area (Å²) in [5.41, 5.74) is 2.73. The Kier molecular flexibility index (Phi) is 5.62. The maximum atomic E-state index is 5.99. The van der Waals surface area contributed by atoms with E-state index in [0.29, 0.717) is 12.0 Å². The average molecular weight is 307 g/mol. The normalized spacial score (nSPS) is 21.9. The van der Waals surface area contributed by atoms with Crippen LogP contribution < -0.4 is 5.32 Å². The van der Waals surface area contributed by atoms with Crippen LogP contribution >= 0.6 is 0 Å². The Labute approximate surface area is 139 Å². The standard InChI is InChI=1S/C21H25NO/c1-2-9-19(18-12-7-4-8-13-18)15-21-22-20(16-23-21)14-17-10-5-3-6-11-17/h2-8,10-13,19-22H,1,9,14-16H2/t19-,20+,21?/m1/s1. The zero-order chi connectivity index (χ0) is 15.9. The van der Waals surface area contributed by atoms with E-state index >= 15 is 0 Å². The highest BCUT2D eigenvalue weighted by atomic mass is 16.5. The van der Waals surface area contributed by atoms with Gasteiger partial charge in [0.25, 0.3) is 0 Å². The monoisotopic (exact) mass is 307 g/mol. The van der Waals surface area contributed by atoms with Crippen LogP contribution in [0.25, 0.3) is 0 Å². The lowest BCUT2D eigenvalue weighted by atomic mass is 9.92. The lowest BCUT2D eigenvalue weighted by Gasteiger charge is -2.20. The highest BCUT2D eigenvalue weighted by Gasteiger charge is 2.27. The molecule has 1 aliphatic rings. The number of allylic oxidation sites excluding steroid dienone is 1. The van der Waals surface area contributed by atoms with Crippen molar-refractivity contribution in [2.45, 2.75) is 37.5 Å². The summed E-state index contributed by atoms with van der Waals surface area (Å²) >= 11 is 0. The Morgan fingerprint density at radius 2 is 1.78 bits per heavy atom. The van der Waals surface area contributed by atoms with Crippen molar-refractivity contribution < 1.29 is 4.74 Å². The van der Waals surface area contributed by atoms with Crippen molar-refractivity contribution in [1.82, 2.24) is 5.32 Å². The predicted octanol–water partition coefficient (Wildman–Crippen LogP) is 4.29. The summed E-state index contributed by atoms with van der Waals surface area (Å²) in [5.74, 6) is 0.460. The molecule has 2 aromatic rings. The molecule has 2 heteroatoms. The fraction of sp³-hybridized carbons (Fsp3) is 0.333. The smallest absolute Gasteiger partial charge is 0.109 e. The van der Waals surface area contributed by atoms with Crippen molar-refractivity contribution >= 4 is 0 Å². The summed E-state index contributed by atoms with van der Waals surface area (Å²) in [7, 11) is 0. The van der Waals surface area contributed by atoms with Crippen LogP contribution in [0, 0.1) is 0 Å². The SMILES string of the molecule is C=CC[C@H](CC1N[C@@H](Cc2ccccc2)CO1)c1ccccc1. The molecule has 120 valence electrons. The molecular formula is C21H25NO. The molecule has 0 aliphatic carbocycles. The van der Waals surface area contributed by atoms with E-state index in [1.165, 1.54) is 11.1 Å². The molecule has 1 aliphatic heterocycles. The molecule has 1 N–H and O–H groups in total. The Bertz CT molecular complexity index is 596. The van der Waals surface area contributed by atoms with Crippen LogP contribution in [0.15, 0.2) is 73.3 Å². The molecule has 2 nitrogen and oxygen atoms in total. The number of benzene rings is 2. The van der Waals surface area contributed by atoms with Gasteiger partial charge >= 0.3 is 0 Å². The van der Waals surface area contributed by atoms with Crippen molar-refractivity contribution in [3.05, 3.63) is 84.4 Å². The van der Waals surface area contributed by atoms with Crippen molar-refractivity contribution in [2.75, 3.05) is 6.61 Å². The second-order valence-corrected chi connectivity index (χ2v) is 6.24. The van der Waals surface area contributed by atoms with Crippen molar-refractivity contribution in [3.63, 3.8) is 0 Å². The maximum Gasteiger partial charge on any atom is 0.109 e. The van der Waals surface area contributed by atoms with E-state index in [0.717, 1.165) is 25.9 Å². The van der Waals surface area contributed by atoms with Gasteiger partial charge in [-0.05, 0) is 36.3 Å². The van der Waals surface area contributed by atoms with Gasteiger partial charge in [0.15, 0.2) is 0 Å². The van der Waals surface area contributed by atoms with Gasteiger partial charge in [0.05, 0.1) is 6.61 Å². The summed E-state index contributed by atoms with van der Waals surface area (Å²) < 4.78 is 5.99. The van der Waals surface area contributed by atoms with Gasteiger partial charge in [-0.15, -0.1) is 6.58 Å². The highest BCUT2D eigenvalue weighted by molar-refractivity contribution is 5.20. The van der Waals surface area contributed by atoms with Crippen LogP contribution in [0.1, 0.15) is 29.9 Å². The fourth-order valence-electron chi connectivity index (χ4n) is 3.30. The maximum absolute atomic E-state index is 5.99. The third kappa shape index (κ3) is 4.54. The van der Waals surface area contributed by atoms with E-state index in [4.69, 9.17) is 4.74 Å². The quantitative estimate of drug-likeness (QED) is 0.770. The van der Waals surface area contributed by atoms with Crippen LogP contribution in [0.3, 0.4) is 0 Å². The third-order valence-electron chi connectivity index (χ3n) is 4.47. The summed E-state index contributed by atoms with van der Waals surface area (Å²) in [6.07, 6.45) is 5.13. The molecule has 0 bridgehead atoms. The topological polar surface area (TPSA) is 21.3 Å². The first-order valence-corrected chi connectivity index (χ1v) is 8.42. The first-order chi connectivity index (χ1) is 11.3. The van der Waals surface area contributed by atoms with Crippen LogP contribution in [0.4, 0.5) is 0 Å². The Morgan fingerprint density at radius 1 is 1.09 bits per heavy atom. The first-order valence-electron chi connectivity index (χ1n) is 8.42. The van der Waals surface area contributed by atoms with E-state index in [1.807, 2.05) is 6.08 Å². The van der Waals surface area contributed by atoms with Crippen molar-refractivity contribution in [3.8, 4) is 0 Å². The van der Waals surface area contributed by atoms with Gasteiger partial charge in [0.2, 0.25) is 0 Å². The predicted molar refractivity (Wildman–Crippen MR) is 95.4 cm³/mol. The summed E-state index contributed by atoms with van der Waals surface area (Å²) in [5, 5.41) is 3.64. The fourth-order valence-corrected chi connectivity index (χ4v) is 3.30. The van der Waals surface area contributed by atoms with Gasteiger partial charge < -0.3 is 4.74 Å². The molecule has 3 atom stereocenters. The molecule has 1 saturated heterocycles. The molecule has 3 rings (SSSR count). The minimum Gasteiger partial charge on any atom is -0.362 e. The van der Waals surface area contributed by atoms with Gasteiger partial charge in [-0.2, -0.15) is 0 Å². The van der Waals surface area contributed by atoms with E-state index in [1.54, 1.807) is 0 Å². The van der Waals surface area contributed by atoms with Gasteiger partial charge in [0.1, 0.15) is 6.23 Å². The van der Waals surface area contributed by atoms with E-state index in [-0.39, 0.29) is 6.23 Å². The Balaban J connectivity index is 1.56. The van der Waals surface area contributed by atoms with Crippen LogP contribution in [-0.2, 0) is 11.2 Å². The number of hydrogen-bond acceptors (Lipinski definition) is 2. The minimum absolute atomic E-state index is 0.133. The lowest BCUT2D eigenvalue weighted by Crippen LogP contribution is -2.33.